The van der Waals surface area contributed by atoms with Gasteiger partial charge in [-0.2, -0.15) is 26.3 Å². The van der Waals surface area contributed by atoms with Crippen molar-refractivity contribution in [2.24, 2.45) is 0 Å². The van der Waals surface area contributed by atoms with Gasteiger partial charge in [0.25, 0.3) is 0 Å². The Labute approximate surface area is 149 Å². The fourth-order valence-electron chi connectivity index (χ4n) is 2.09. The molecule has 0 aromatic heterocycles. The van der Waals surface area contributed by atoms with Gasteiger partial charge >= 0.3 is 12.4 Å². The summed E-state index contributed by atoms with van der Waals surface area (Å²) in [6.07, 6.45) is -9.92. The van der Waals surface area contributed by atoms with E-state index in [-0.39, 0.29) is 11.8 Å². The maximum atomic E-state index is 12.8. The highest BCUT2D eigenvalue weighted by Gasteiger charge is 2.37. The highest BCUT2D eigenvalue weighted by Crippen LogP contribution is 2.37. The Morgan fingerprint density at radius 2 is 1.50 bits per heavy atom. The monoisotopic (exact) mass is 393 g/mol. The molecular weight excluding hydrogens is 380 g/mol. The Balaban J connectivity index is 2.17. The number of carbonyl (C=O) groups excluding carboxylic acids is 1. The second-order valence-corrected chi connectivity index (χ2v) is 6.41. The number of anilines is 1. The Bertz CT molecular complexity index is 768. The molecule has 1 amide bonds. The molecule has 0 heterocycles. The van der Waals surface area contributed by atoms with Crippen LogP contribution in [0.2, 0.25) is 0 Å². The Morgan fingerprint density at radius 1 is 0.962 bits per heavy atom. The van der Waals surface area contributed by atoms with Gasteiger partial charge in [-0.25, -0.2) is 0 Å². The van der Waals surface area contributed by atoms with Gasteiger partial charge < -0.3 is 5.32 Å². The van der Waals surface area contributed by atoms with Crippen LogP contribution in [0.4, 0.5) is 32.0 Å². The van der Waals surface area contributed by atoms with Gasteiger partial charge in [-0.05, 0) is 36.8 Å². The molecule has 0 radical (unpaired) electrons. The van der Waals surface area contributed by atoms with E-state index in [4.69, 9.17) is 0 Å². The minimum Gasteiger partial charge on any atom is -0.325 e. The van der Waals surface area contributed by atoms with Gasteiger partial charge in [0.2, 0.25) is 5.91 Å². The van der Waals surface area contributed by atoms with Crippen LogP contribution in [0, 0.1) is 6.92 Å². The number of amides is 1. The van der Waals surface area contributed by atoms with Crippen LogP contribution in [0.25, 0.3) is 0 Å². The van der Waals surface area contributed by atoms with Gasteiger partial charge in [0.05, 0.1) is 16.9 Å². The van der Waals surface area contributed by atoms with E-state index in [0.29, 0.717) is 12.1 Å². The molecule has 0 bridgehead atoms. The molecule has 0 atom stereocenters. The molecule has 2 aromatic rings. The van der Waals surface area contributed by atoms with E-state index in [9.17, 15) is 31.1 Å². The molecule has 0 aliphatic heterocycles. The van der Waals surface area contributed by atoms with Crippen molar-refractivity contribution in [2.75, 3.05) is 11.1 Å². The first kappa shape index (κ1) is 20.2. The number of hydrogen-bond donors (Lipinski definition) is 1. The van der Waals surface area contributed by atoms with E-state index in [1.165, 1.54) is 0 Å². The summed E-state index contributed by atoms with van der Waals surface area (Å²) in [6, 6.07) is 8.12. The lowest BCUT2D eigenvalue weighted by Crippen LogP contribution is -2.17. The first-order valence-corrected chi connectivity index (χ1v) is 8.23. The van der Waals surface area contributed by atoms with E-state index >= 15 is 0 Å². The summed E-state index contributed by atoms with van der Waals surface area (Å²) in [5, 5.41) is 2.10. The number of alkyl halides is 6. The molecule has 2 rings (SSSR count). The summed E-state index contributed by atoms with van der Waals surface area (Å²) in [7, 11) is 0. The SMILES string of the molecule is Cc1ccccc1SCC(=O)Nc1cc(C(F)(F)F)cc(C(F)(F)F)c1. The largest absolute Gasteiger partial charge is 0.416 e. The van der Waals surface area contributed by atoms with Gasteiger partial charge in [-0.1, -0.05) is 18.2 Å². The number of nitrogens with one attached hydrogen (secondary N) is 1. The zero-order valence-electron chi connectivity index (χ0n) is 13.3. The zero-order valence-corrected chi connectivity index (χ0v) is 14.1. The van der Waals surface area contributed by atoms with Crippen molar-refractivity contribution >= 4 is 23.4 Å². The molecular formula is C17H13F6NOS. The van der Waals surface area contributed by atoms with E-state index in [1.807, 2.05) is 13.0 Å². The van der Waals surface area contributed by atoms with Crippen molar-refractivity contribution in [3.05, 3.63) is 59.2 Å². The van der Waals surface area contributed by atoms with Crippen LogP contribution in [0.15, 0.2) is 47.4 Å². The molecule has 0 fully saturated rings. The lowest BCUT2D eigenvalue weighted by atomic mass is 10.1. The first-order valence-electron chi connectivity index (χ1n) is 7.24. The molecule has 0 unspecified atom stereocenters. The highest BCUT2D eigenvalue weighted by molar-refractivity contribution is 8.00. The molecule has 0 saturated carbocycles. The van der Waals surface area contributed by atoms with Crippen LogP contribution in [0.1, 0.15) is 16.7 Å². The minimum absolute atomic E-state index is 0.0116. The fraction of sp³-hybridized carbons (Fsp3) is 0.235. The normalized spacial score (nSPS) is 12.1. The highest BCUT2D eigenvalue weighted by atomic mass is 32.2. The van der Waals surface area contributed by atoms with E-state index in [0.717, 1.165) is 22.2 Å². The van der Waals surface area contributed by atoms with E-state index in [2.05, 4.69) is 5.32 Å². The van der Waals surface area contributed by atoms with Crippen molar-refractivity contribution in [1.82, 2.24) is 0 Å². The Morgan fingerprint density at radius 3 is 2.00 bits per heavy atom. The maximum absolute atomic E-state index is 12.8. The summed E-state index contributed by atoms with van der Waals surface area (Å²) in [5.74, 6) is -0.853. The number of thioether (sulfide) groups is 1. The summed E-state index contributed by atoms with van der Waals surface area (Å²) in [4.78, 5) is 12.7. The summed E-state index contributed by atoms with van der Waals surface area (Å²) in [6.45, 7) is 1.82. The van der Waals surface area contributed by atoms with Crippen LogP contribution >= 0.6 is 11.8 Å². The second-order valence-electron chi connectivity index (χ2n) is 5.40. The standard InChI is InChI=1S/C17H13F6NOS/c1-10-4-2-3-5-14(10)26-9-15(25)24-13-7-11(16(18,19)20)6-12(8-13)17(21,22)23/h2-8H,9H2,1H3,(H,24,25). The molecule has 0 aliphatic carbocycles. The number of carbonyl (C=O) groups is 1. The number of rotatable bonds is 4. The van der Waals surface area contributed by atoms with Gasteiger partial charge in [-0.15, -0.1) is 11.8 Å². The van der Waals surface area contributed by atoms with Gasteiger partial charge in [0, 0.05) is 10.6 Å². The zero-order chi connectivity index (χ0) is 19.5. The van der Waals surface area contributed by atoms with Gasteiger partial charge in [0.1, 0.15) is 0 Å². The lowest BCUT2D eigenvalue weighted by molar-refractivity contribution is -0.143. The summed E-state index contributed by atoms with van der Waals surface area (Å²) >= 11 is 1.14. The average Bonchev–Trinajstić information content (AvgIpc) is 2.52. The molecule has 140 valence electrons. The second kappa shape index (κ2) is 7.61. The van der Waals surface area contributed by atoms with Crippen molar-refractivity contribution in [1.29, 1.82) is 0 Å². The molecule has 26 heavy (non-hydrogen) atoms. The average molecular weight is 393 g/mol. The number of aryl methyl sites for hydroxylation is 1. The quantitative estimate of drug-likeness (QED) is 0.528. The molecule has 0 saturated heterocycles. The van der Waals surface area contributed by atoms with Gasteiger partial charge in [-0.3, -0.25) is 4.79 Å². The first-order chi connectivity index (χ1) is 12.0. The van der Waals surface area contributed by atoms with Crippen LogP contribution in [-0.2, 0) is 17.1 Å². The van der Waals surface area contributed by atoms with E-state index in [1.54, 1.807) is 18.2 Å². The summed E-state index contributed by atoms with van der Waals surface area (Å²) in [5.41, 5.74) is -2.60. The van der Waals surface area contributed by atoms with Crippen LogP contribution in [0.5, 0.6) is 0 Å². The molecule has 2 nitrogen and oxygen atoms in total. The Hall–Kier alpha value is -2.16. The molecule has 0 spiro atoms. The van der Waals surface area contributed by atoms with Crippen molar-refractivity contribution in [3.8, 4) is 0 Å². The Kier molecular flexibility index (Phi) is 5.90. The minimum atomic E-state index is -4.96. The van der Waals surface area contributed by atoms with Crippen LogP contribution < -0.4 is 5.32 Å². The predicted molar refractivity (Wildman–Crippen MR) is 87.0 cm³/mol. The van der Waals surface area contributed by atoms with Crippen LogP contribution in [-0.4, -0.2) is 11.7 Å². The maximum Gasteiger partial charge on any atom is 0.416 e. The number of benzene rings is 2. The summed E-state index contributed by atoms with van der Waals surface area (Å²) < 4.78 is 76.8. The fourth-order valence-corrected chi connectivity index (χ4v) is 2.92. The third-order valence-electron chi connectivity index (χ3n) is 3.32. The lowest BCUT2D eigenvalue weighted by Gasteiger charge is -2.15. The molecule has 9 heteroatoms. The van der Waals surface area contributed by atoms with E-state index < -0.39 is 35.1 Å². The van der Waals surface area contributed by atoms with Crippen molar-refractivity contribution in [2.45, 2.75) is 24.2 Å². The molecule has 0 aliphatic rings. The van der Waals surface area contributed by atoms with Crippen molar-refractivity contribution < 1.29 is 31.1 Å². The number of halogens is 6. The van der Waals surface area contributed by atoms with Crippen molar-refractivity contribution in [3.63, 3.8) is 0 Å². The smallest absolute Gasteiger partial charge is 0.325 e. The van der Waals surface area contributed by atoms with Crippen LogP contribution in [0.3, 0.4) is 0 Å². The van der Waals surface area contributed by atoms with Gasteiger partial charge in [0.15, 0.2) is 0 Å². The number of hydrogen-bond acceptors (Lipinski definition) is 2. The third-order valence-corrected chi connectivity index (χ3v) is 4.50. The molecule has 1 N–H and O–H groups in total. The topological polar surface area (TPSA) is 29.1 Å². The third kappa shape index (κ3) is 5.42. The molecule has 2 aromatic carbocycles. The predicted octanol–water partition coefficient (Wildman–Crippen LogP) is 5.76.